The lowest BCUT2D eigenvalue weighted by molar-refractivity contribution is 0.0948. The van der Waals surface area contributed by atoms with Crippen molar-refractivity contribution < 1.29 is 9.21 Å². The molecule has 1 N–H and O–H groups in total. The number of furan rings is 1. The molecule has 1 aromatic carbocycles. The maximum Gasteiger partial charge on any atom is 0.252 e. The van der Waals surface area contributed by atoms with Gasteiger partial charge in [0.1, 0.15) is 5.76 Å². The van der Waals surface area contributed by atoms with Gasteiger partial charge in [-0.15, -0.1) is 11.8 Å². The predicted octanol–water partition coefficient (Wildman–Crippen LogP) is 3.99. The molecule has 0 radical (unpaired) electrons. The molecular formula is C18H16N2O2S. The van der Waals surface area contributed by atoms with Gasteiger partial charge < -0.3 is 9.73 Å². The molecule has 0 unspecified atom stereocenters. The largest absolute Gasteiger partial charge is 0.464 e. The van der Waals surface area contributed by atoms with Gasteiger partial charge in [0.15, 0.2) is 0 Å². The second-order valence-corrected chi connectivity index (χ2v) is 5.79. The van der Waals surface area contributed by atoms with Gasteiger partial charge in [0.25, 0.3) is 5.91 Å². The summed E-state index contributed by atoms with van der Waals surface area (Å²) in [4.78, 5) is 17.5. The molecule has 0 aliphatic rings. The topological polar surface area (TPSA) is 55.1 Å². The fourth-order valence-corrected chi connectivity index (χ4v) is 2.87. The van der Waals surface area contributed by atoms with Crippen molar-refractivity contribution in [2.24, 2.45) is 0 Å². The van der Waals surface area contributed by atoms with Crippen LogP contribution in [0.25, 0.3) is 11.3 Å². The molecule has 0 aliphatic heterocycles. The lowest BCUT2D eigenvalue weighted by Crippen LogP contribution is -2.23. The van der Waals surface area contributed by atoms with Gasteiger partial charge in [0.2, 0.25) is 0 Å². The smallest absolute Gasteiger partial charge is 0.252 e. The average Bonchev–Trinajstić information content (AvgIpc) is 3.14. The van der Waals surface area contributed by atoms with Crippen LogP contribution in [0.5, 0.6) is 0 Å². The molecular weight excluding hydrogens is 308 g/mol. The van der Waals surface area contributed by atoms with E-state index in [-0.39, 0.29) is 5.91 Å². The lowest BCUT2D eigenvalue weighted by atomic mass is 10.1. The molecule has 2 heterocycles. The Morgan fingerprint density at radius 2 is 2.09 bits per heavy atom. The number of thioether (sulfide) groups is 1. The molecule has 2 aromatic heterocycles. The van der Waals surface area contributed by atoms with Gasteiger partial charge in [-0.2, -0.15) is 0 Å². The zero-order valence-electron chi connectivity index (χ0n) is 12.7. The first-order valence-electron chi connectivity index (χ1n) is 7.17. The summed E-state index contributed by atoms with van der Waals surface area (Å²) >= 11 is 1.56. The van der Waals surface area contributed by atoms with Crippen LogP contribution in [0, 0.1) is 0 Å². The van der Waals surface area contributed by atoms with Crippen molar-refractivity contribution in [1.29, 1.82) is 0 Å². The summed E-state index contributed by atoms with van der Waals surface area (Å²) in [6, 6.07) is 13.3. The van der Waals surface area contributed by atoms with E-state index in [4.69, 9.17) is 4.42 Å². The standard InChI is InChI=1S/C18H16N2O2S/c1-23-17-7-3-2-5-15(17)18(21)20-11-13-9-14(12-19-10-13)16-6-4-8-22-16/h2-10,12H,11H2,1H3,(H,20,21). The first-order valence-corrected chi connectivity index (χ1v) is 8.39. The maximum atomic E-state index is 12.3. The minimum Gasteiger partial charge on any atom is -0.464 e. The van der Waals surface area contributed by atoms with Crippen LogP contribution >= 0.6 is 11.8 Å². The third kappa shape index (κ3) is 3.63. The molecule has 0 aliphatic carbocycles. The van der Waals surface area contributed by atoms with Gasteiger partial charge in [-0.05, 0) is 42.2 Å². The van der Waals surface area contributed by atoms with Crippen molar-refractivity contribution in [3.8, 4) is 11.3 Å². The Hall–Kier alpha value is -2.53. The number of amides is 1. The highest BCUT2D eigenvalue weighted by molar-refractivity contribution is 7.98. The zero-order valence-corrected chi connectivity index (χ0v) is 13.5. The quantitative estimate of drug-likeness (QED) is 0.721. The summed E-state index contributed by atoms with van der Waals surface area (Å²) < 4.78 is 5.37. The molecule has 0 spiro atoms. The van der Waals surface area contributed by atoms with Crippen LogP contribution < -0.4 is 5.32 Å². The molecule has 5 heteroatoms. The SMILES string of the molecule is CSc1ccccc1C(=O)NCc1cncc(-c2ccco2)c1. The number of hydrogen-bond donors (Lipinski definition) is 1. The van der Waals surface area contributed by atoms with Crippen molar-refractivity contribution in [3.63, 3.8) is 0 Å². The van der Waals surface area contributed by atoms with E-state index in [0.29, 0.717) is 12.1 Å². The third-order valence-electron chi connectivity index (χ3n) is 3.41. The number of nitrogens with one attached hydrogen (secondary N) is 1. The van der Waals surface area contributed by atoms with E-state index in [1.54, 1.807) is 30.4 Å². The van der Waals surface area contributed by atoms with Crippen molar-refractivity contribution >= 4 is 17.7 Å². The molecule has 0 saturated heterocycles. The number of nitrogens with zero attached hydrogens (tertiary/aromatic N) is 1. The first-order chi connectivity index (χ1) is 11.3. The third-order valence-corrected chi connectivity index (χ3v) is 4.20. The van der Waals surface area contributed by atoms with Gasteiger partial charge in [-0.25, -0.2) is 0 Å². The highest BCUT2D eigenvalue weighted by atomic mass is 32.2. The van der Waals surface area contributed by atoms with Gasteiger partial charge >= 0.3 is 0 Å². The Morgan fingerprint density at radius 3 is 2.87 bits per heavy atom. The summed E-state index contributed by atoms with van der Waals surface area (Å²) in [7, 11) is 0. The summed E-state index contributed by atoms with van der Waals surface area (Å²) in [5.41, 5.74) is 2.51. The van der Waals surface area contributed by atoms with E-state index in [1.165, 1.54) is 0 Å². The summed E-state index contributed by atoms with van der Waals surface area (Å²) in [6.45, 7) is 0.420. The normalized spacial score (nSPS) is 10.5. The van der Waals surface area contributed by atoms with Crippen molar-refractivity contribution in [2.75, 3.05) is 6.26 Å². The number of carbonyl (C=O) groups is 1. The number of hydrogen-bond acceptors (Lipinski definition) is 4. The molecule has 116 valence electrons. The van der Waals surface area contributed by atoms with Crippen LogP contribution in [-0.2, 0) is 6.54 Å². The Balaban J connectivity index is 1.71. The minimum absolute atomic E-state index is 0.0849. The first kappa shape index (κ1) is 15.4. The fourth-order valence-electron chi connectivity index (χ4n) is 2.27. The fraction of sp³-hybridized carbons (Fsp3) is 0.111. The monoisotopic (exact) mass is 324 g/mol. The van der Waals surface area contributed by atoms with Crippen LogP contribution in [0.4, 0.5) is 0 Å². The van der Waals surface area contributed by atoms with E-state index in [0.717, 1.165) is 21.8 Å². The van der Waals surface area contributed by atoms with E-state index < -0.39 is 0 Å². The highest BCUT2D eigenvalue weighted by Gasteiger charge is 2.10. The number of rotatable bonds is 5. The van der Waals surface area contributed by atoms with Crippen molar-refractivity contribution in [2.45, 2.75) is 11.4 Å². The average molecular weight is 324 g/mol. The van der Waals surface area contributed by atoms with E-state index in [2.05, 4.69) is 10.3 Å². The Bertz CT molecular complexity index is 800. The van der Waals surface area contributed by atoms with E-state index in [9.17, 15) is 4.79 Å². The van der Waals surface area contributed by atoms with Crippen molar-refractivity contribution in [1.82, 2.24) is 10.3 Å². The predicted molar refractivity (Wildman–Crippen MR) is 91.3 cm³/mol. The second-order valence-electron chi connectivity index (χ2n) is 4.94. The van der Waals surface area contributed by atoms with E-state index >= 15 is 0 Å². The Morgan fingerprint density at radius 1 is 1.22 bits per heavy atom. The summed E-state index contributed by atoms with van der Waals surface area (Å²) in [5, 5.41) is 2.94. The van der Waals surface area contributed by atoms with Crippen molar-refractivity contribution in [3.05, 3.63) is 72.2 Å². The molecule has 0 saturated carbocycles. The number of aromatic nitrogens is 1. The van der Waals surface area contributed by atoms with Crippen LogP contribution in [0.1, 0.15) is 15.9 Å². The Labute approximate surface area is 138 Å². The van der Waals surface area contributed by atoms with Gasteiger partial charge in [0.05, 0.1) is 11.8 Å². The molecule has 0 bridgehead atoms. The zero-order chi connectivity index (χ0) is 16.1. The van der Waals surface area contributed by atoms with Gasteiger partial charge in [0, 0.05) is 29.4 Å². The molecule has 3 aromatic rings. The van der Waals surface area contributed by atoms with Crippen LogP contribution in [0.2, 0.25) is 0 Å². The van der Waals surface area contributed by atoms with Crippen LogP contribution in [-0.4, -0.2) is 17.1 Å². The number of benzene rings is 1. The molecule has 3 rings (SSSR count). The highest BCUT2D eigenvalue weighted by Crippen LogP contribution is 2.21. The summed E-state index contributed by atoms with van der Waals surface area (Å²) in [6.07, 6.45) is 7.08. The van der Waals surface area contributed by atoms with Crippen LogP contribution in [0.3, 0.4) is 0 Å². The van der Waals surface area contributed by atoms with Gasteiger partial charge in [-0.1, -0.05) is 12.1 Å². The number of pyridine rings is 1. The van der Waals surface area contributed by atoms with Gasteiger partial charge in [-0.3, -0.25) is 9.78 Å². The lowest BCUT2D eigenvalue weighted by Gasteiger charge is -2.09. The summed E-state index contributed by atoms with van der Waals surface area (Å²) in [5.74, 6) is 0.678. The molecule has 0 fully saturated rings. The van der Waals surface area contributed by atoms with Crippen LogP contribution in [0.15, 0.2) is 70.4 Å². The maximum absolute atomic E-state index is 12.3. The van der Waals surface area contributed by atoms with E-state index in [1.807, 2.05) is 48.7 Å². The second kappa shape index (κ2) is 7.15. The molecule has 1 amide bonds. The minimum atomic E-state index is -0.0849. The molecule has 4 nitrogen and oxygen atoms in total. The molecule has 0 atom stereocenters. The molecule has 23 heavy (non-hydrogen) atoms. The Kier molecular flexibility index (Phi) is 4.78. The number of carbonyl (C=O) groups excluding carboxylic acids is 1.